The number of Topliss-reactive ketones (excluding diaryl/α,β-unsaturated/α-hetero) is 1. The van der Waals surface area contributed by atoms with Gasteiger partial charge in [0, 0.05) is 18.4 Å². The van der Waals surface area contributed by atoms with Crippen LogP contribution in [0, 0.1) is 12.3 Å². The molecule has 138 valence electrons. The molecule has 1 aromatic heterocycles. The molecule has 1 heterocycles. The number of fused-ring (bicyclic) bond motifs is 1. The van der Waals surface area contributed by atoms with Gasteiger partial charge in [-0.1, -0.05) is 32.9 Å². The lowest BCUT2D eigenvalue weighted by Crippen LogP contribution is -2.26. The maximum atomic E-state index is 12.8. The van der Waals surface area contributed by atoms with Crippen molar-refractivity contribution in [3.8, 4) is 5.75 Å². The Morgan fingerprint density at radius 2 is 2.00 bits per heavy atom. The zero-order valence-corrected chi connectivity index (χ0v) is 15.8. The molecule has 1 amide bonds. The number of anilines is 1. The quantitative estimate of drug-likeness (QED) is 0.838. The normalized spacial score (nSPS) is 15.5. The van der Waals surface area contributed by atoms with Gasteiger partial charge < -0.3 is 14.5 Å². The first kappa shape index (κ1) is 18.2. The van der Waals surface area contributed by atoms with E-state index in [1.54, 1.807) is 13.0 Å². The van der Waals surface area contributed by atoms with Crippen molar-refractivity contribution in [2.24, 2.45) is 5.41 Å². The molecule has 2 aromatic rings. The number of carbonyl (C=O) groups is 2. The molecular formula is C21H25NO4. The number of para-hydroxylation sites is 2. The number of ether oxygens (including phenoxy) is 1. The number of rotatable bonds is 5. The van der Waals surface area contributed by atoms with E-state index in [1.807, 2.05) is 39.0 Å². The largest absolute Gasteiger partial charge is 0.491 e. The zero-order chi connectivity index (χ0) is 18.9. The van der Waals surface area contributed by atoms with E-state index in [1.165, 1.54) is 0 Å². The van der Waals surface area contributed by atoms with Crippen molar-refractivity contribution in [2.45, 2.75) is 47.0 Å². The maximum Gasteiger partial charge on any atom is 0.291 e. The van der Waals surface area contributed by atoms with Crippen LogP contribution in [0.1, 0.15) is 65.8 Å². The molecule has 5 nitrogen and oxygen atoms in total. The smallest absolute Gasteiger partial charge is 0.291 e. The molecule has 0 spiro atoms. The van der Waals surface area contributed by atoms with E-state index in [0.29, 0.717) is 47.8 Å². The topological polar surface area (TPSA) is 68.5 Å². The summed E-state index contributed by atoms with van der Waals surface area (Å²) in [6.07, 6.45) is 2.00. The van der Waals surface area contributed by atoms with Crippen molar-refractivity contribution in [3.05, 3.63) is 46.9 Å². The van der Waals surface area contributed by atoms with Crippen LogP contribution in [0.5, 0.6) is 5.75 Å². The fourth-order valence-corrected chi connectivity index (χ4v) is 3.39. The van der Waals surface area contributed by atoms with Gasteiger partial charge in [0.2, 0.25) is 0 Å². The highest BCUT2D eigenvalue weighted by molar-refractivity contribution is 6.08. The molecule has 1 aliphatic carbocycles. The second-order valence-electron chi connectivity index (χ2n) is 7.59. The lowest BCUT2D eigenvalue weighted by Gasteiger charge is -2.27. The third kappa shape index (κ3) is 3.52. The Morgan fingerprint density at radius 1 is 1.27 bits per heavy atom. The van der Waals surface area contributed by atoms with Crippen LogP contribution in [0.15, 0.2) is 28.7 Å². The molecule has 1 aliphatic rings. The van der Waals surface area contributed by atoms with E-state index in [-0.39, 0.29) is 22.9 Å². The van der Waals surface area contributed by atoms with Crippen molar-refractivity contribution in [3.63, 3.8) is 0 Å². The predicted molar refractivity (Wildman–Crippen MR) is 100 cm³/mol. The minimum Gasteiger partial charge on any atom is -0.491 e. The van der Waals surface area contributed by atoms with Crippen molar-refractivity contribution < 1.29 is 18.7 Å². The van der Waals surface area contributed by atoms with Gasteiger partial charge in [-0.2, -0.15) is 0 Å². The molecular weight excluding hydrogens is 330 g/mol. The Hall–Kier alpha value is -2.56. The Labute approximate surface area is 153 Å². The van der Waals surface area contributed by atoms with Crippen molar-refractivity contribution in [2.75, 3.05) is 11.9 Å². The van der Waals surface area contributed by atoms with Crippen LogP contribution in [-0.4, -0.2) is 18.3 Å². The van der Waals surface area contributed by atoms with E-state index in [0.717, 1.165) is 6.42 Å². The summed E-state index contributed by atoms with van der Waals surface area (Å²) < 4.78 is 11.5. The van der Waals surface area contributed by atoms with Gasteiger partial charge >= 0.3 is 0 Å². The standard InChI is InChI=1S/C21H25NO4/c1-5-10-25-16-9-7-6-8-14(16)22-20(24)19-13(2)18-15(23)11-21(3,4)12-17(18)26-19/h6-9H,5,10-12H2,1-4H3,(H,22,24). The highest BCUT2D eigenvalue weighted by Crippen LogP contribution is 2.38. The highest BCUT2D eigenvalue weighted by Gasteiger charge is 2.37. The lowest BCUT2D eigenvalue weighted by molar-refractivity contribution is 0.0898. The average molecular weight is 355 g/mol. The fraction of sp³-hybridized carbons (Fsp3) is 0.429. The second kappa shape index (κ2) is 6.98. The lowest BCUT2D eigenvalue weighted by atomic mass is 9.76. The van der Waals surface area contributed by atoms with Crippen molar-refractivity contribution in [1.82, 2.24) is 0 Å². The molecule has 0 saturated carbocycles. The second-order valence-corrected chi connectivity index (χ2v) is 7.59. The number of nitrogens with one attached hydrogen (secondary N) is 1. The van der Waals surface area contributed by atoms with Crippen LogP contribution in [-0.2, 0) is 6.42 Å². The zero-order valence-electron chi connectivity index (χ0n) is 15.8. The Kier molecular flexibility index (Phi) is 4.90. The van der Waals surface area contributed by atoms with Crippen LogP contribution < -0.4 is 10.1 Å². The third-order valence-corrected chi connectivity index (χ3v) is 4.58. The molecule has 5 heteroatoms. The minimum atomic E-state index is -0.366. The average Bonchev–Trinajstić information content (AvgIpc) is 2.89. The molecule has 1 N–H and O–H groups in total. The van der Waals surface area contributed by atoms with Crippen LogP contribution in [0.2, 0.25) is 0 Å². The van der Waals surface area contributed by atoms with Gasteiger partial charge in [-0.3, -0.25) is 9.59 Å². The van der Waals surface area contributed by atoms with E-state index in [4.69, 9.17) is 9.15 Å². The third-order valence-electron chi connectivity index (χ3n) is 4.58. The van der Waals surface area contributed by atoms with Crippen LogP contribution in [0.4, 0.5) is 5.69 Å². The SMILES string of the molecule is CCCOc1ccccc1NC(=O)c1oc2c(c1C)C(=O)CC(C)(C)C2. The summed E-state index contributed by atoms with van der Waals surface area (Å²) in [5.41, 5.74) is 1.63. The van der Waals surface area contributed by atoms with E-state index in [9.17, 15) is 9.59 Å². The molecule has 0 unspecified atom stereocenters. The maximum absolute atomic E-state index is 12.8. The van der Waals surface area contributed by atoms with Crippen LogP contribution >= 0.6 is 0 Å². The summed E-state index contributed by atoms with van der Waals surface area (Å²) in [5.74, 6) is 1.11. The minimum absolute atomic E-state index is 0.0447. The van der Waals surface area contributed by atoms with Crippen LogP contribution in [0.25, 0.3) is 0 Å². The summed E-state index contributed by atoms with van der Waals surface area (Å²) in [6.45, 7) is 8.44. The van der Waals surface area contributed by atoms with E-state index >= 15 is 0 Å². The molecule has 3 rings (SSSR count). The van der Waals surface area contributed by atoms with E-state index < -0.39 is 0 Å². The summed E-state index contributed by atoms with van der Waals surface area (Å²) in [7, 11) is 0. The Balaban J connectivity index is 1.88. The molecule has 0 aliphatic heterocycles. The van der Waals surface area contributed by atoms with Gasteiger partial charge in [0.05, 0.1) is 17.9 Å². The molecule has 0 saturated heterocycles. The number of hydrogen-bond donors (Lipinski definition) is 1. The summed E-state index contributed by atoms with van der Waals surface area (Å²) >= 11 is 0. The van der Waals surface area contributed by atoms with Crippen LogP contribution in [0.3, 0.4) is 0 Å². The molecule has 1 aromatic carbocycles. The number of furan rings is 1. The monoisotopic (exact) mass is 355 g/mol. The first-order valence-electron chi connectivity index (χ1n) is 9.01. The van der Waals surface area contributed by atoms with E-state index in [2.05, 4.69) is 5.32 Å². The summed E-state index contributed by atoms with van der Waals surface area (Å²) in [4.78, 5) is 25.3. The Bertz CT molecular complexity index is 848. The van der Waals surface area contributed by atoms with Gasteiger partial charge in [-0.25, -0.2) is 0 Å². The van der Waals surface area contributed by atoms with Crippen molar-refractivity contribution in [1.29, 1.82) is 0 Å². The number of amides is 1. The fourth-order valence-electron chi connectivity index (χ4n) is 3.39. The predicted octanol–water partition coefficient (Wildman–Crippen LogP) is 4.78. The van der Waals surface area contributed by atoms with Gasteiger partial charge in [-0.15, -0.1) is 0 Å². The first-order valence-corrected chi connectivity index (χ1v) is 9.01. The number of hydrogen-bond acceptors (Lipinski definition) is 4. The molecule has 26 heavy (non-hydrogen) atoms. The van der Waals surface area contributed by atoms with Gasteiger partial charge in [0.1, 0.15) is 11.5 Å². The number of ketones is 1. The van der Waals surface area contributed by atoms with Gasteiger partial charge in [0.25, 0.3) is 5.91 Å². The molecule has 0 radical (unpaired) electrons. The van der Waals surface area contributed by atoms with Gasteiger partial charge in [-0.05, 0) is 30.9 Å². The summed E-state index contributed by atoms with van der Waals surface area (Å²) in [5, 5.41) is 2.85. The first-order chi connectivity index (χ1) is 12.3. The molecule has 0 fully saturated rings. The van der Waals surface area contributed by atoms with Gasteiger partial charge in [0.15, 0.2) is 11.5 Å². The Morgan fingerprint density at radius 3 is 2.73 bits per heavy atom. The highest BCUT2D eigenvalue weighted by atomic mass is 16.5. The number of carbonyl (C=O) groups excluding carboxylic acids is 2. The number of benzene rings is 1. The van der Waals surface area contributed by atoms with Crippen molar-refractivity contribution >= 4 is 17.4 Å². The summed E-state index contributed by atoms with van der Waals surface area (Å²) in [6, 6.07) is 7.30. The molecule has 0 atom stereocenters. The molecule has 0 bridgehead atoms.